The minimum absolute atomic E-state index is 0.0576. The highest BCUT2D eigenvalue weighted by Gasteiger charge is 2.25. The standard InChI is InChI=1S/C12H17ClFNO/c1-12(2,3)11(7-15)16-8-4-5-10(14)9(13)6-8/h4-6,11H,7,15H2,1-3H3. The molecule has 4 heteroatoms. The van der Waals surface area contributed by atoms with E-state index in [0.717, 1.165) is 0 Å². The first-order chi connectivity index (χ1) is 7.34. The van der Waals surface area contributed by atoms with E-state index in [9.17, 15) is 4.39 Å². The fourth-order valence-corrected chi connectivity index (χ4v) is 1.46. The quantitative estimate of drug-likeness (QED) is 0.887. The molecule has 1 atom stereocenters. The lowest BCUT2D eigenvalue weighted by atomic mass is 9.89. The SMILES string of the molecule is CC(C)(C)C(CN)Oc1ccc(F)c(Cl)c1. The van der Waals surface area contributed by atoms with Gasteiger partial charge in [0.2, 0.25) is 0 Å². The Balaban J connectivity index is 2.83. The molecular formula is C12H17ClFNO. The van der Waals surface area contributed by atoms with E-state index in [2.05, 4.69) is 0 Å². The monoisotopic (exact) mass is 245 g/mol. The van der Waals surface area contributed by atoms with E-state index < -0.39 is 5.82 Å². The molecule has 0 aliphatic carbocycles. The predicted molar refractivity (Wildman–Crippen MR) is 64.3 cm³/mol. The third-order valence-electron chi connectivity index (χ3n) is 2.35. The fourth-order valence-electron chi connectivity index (χ4n) is 1.29. The van der Waals surface area contributed by atoms with E-state index >= 15 is 0 Å². The van der Waals surface area contributed by atoms with Crippen LogP contribution in [-0.2, 0) is 0 Å². The number of hydrogen-bond donors (Lipinski definition) is 1. The molecule has 2 nitrogen and oxygen atoms in total. The molecule has 0 amide bonds. The summed E-state index contributed by atoms with van der Waals surface area (Å²) in [5.41, 5.74) is 5.57. The molecule has 0 fully saturated rings. The van der Waals surface area contributed by atoms with Crippen molar-refractivity contribution in [1.82, 2.24) is 0 Å². The average molecular weight is 246 g/mol. The summed E-state index contributed by atoms with van der Waals surface area (Å²) in [7, 11) is 0. The molecule has 1 aromatic carbocycles. The van der Waals surface area contributed by atoms with E-state index in [0.29, 0.717) is 12.3 Å². The number of ether oxygens (including phenoxy) is 1. The minimum Gasteiger partial charge on any atom is -0.489 e. The van der Waals surface area contributed by atoms with Gasteiger partial charge < -0.3 is 10.5 Å². The molecule has 0 saturated carbocycles. The van der Waals surface area contributed by atoms with Crippen molar-refractivity contribution in [2.75, 3.05) is 6.54 Å². The molecule has 0 heterocycles. The van der Waals surface area contributed by atoms with Gasteiger partial charge in [-0.3, -0.25) is 0 Å². The summed E-state index contributed by atoms with van der Waals surface area (Å²) >= 11 is 5.67. The summed E-state index contributed by atoms with van der Waals surface area (Å²) in [6.07, 6.45) is -0.131. The maximum atomic E-state index is 12.9. The normalized spacial score (nSPS) is 13.6. The second-order valence-electron chi connectivity index (χ2n) is 4.78. The van der Waals surface area contributed by atoms with Gasteiger partial charge in [-0.1, -0.05) is 32.4 Å². The van der Waals surface area contributed by atoms with Crippen LogP contribution in [0.3, 0.4) is 0 Å². The maximum Gasteiger partial charge on any atom is 0.142 e. The van der Waals surface area contributed by atoms with Crippen molar-refractivity contribution in [1.29, 1.82) is 0 Å². The molecule has 16 heavy (non-hydrogen) atoms. The van der Waals surface area contributed by atoms with Gasteiger partial charge in [0.25, 0.3) is 0 Å². The molecule has 0 spiro atoms. The molecule has 0 aromatic heterocycles. The molecule has 0 saturated heterocycles. The van der Waals surface area contributed by atoms with Gasteiger partial charge in [0.1, 0.15) is 17.7 Å². The number of hydrogen-bond acceptors (Lipinski definition) is 2. The number of nitrogens with two attached hydrogens (primary N) is 1. The lowest BCUT2D eigenvalue weighted by Crippen LogP contribution is -2.38. The van der Waals surface area contributed by atoms with Crippen molar-refractivity contribution < 1.29 is 9.13 Å². The topological polar surface area (TPSA) is 35.2 Å². The first-order valence-electron chi connectivity index (χ1n) is 5.16. The van der Waals surface area contributed by atoms with Gasteiger partial charge >= 0.3 is 0 Å². The molecule has 0 aliphatic heterocycles. The van der Waals surface area contributed by atoms with Gasteiger partial charge in [-0.15, -0.1) is 0 Å². The van der Waals surface area contributed by atoms with Crippen LogP contribution in [0.15, 0.2) is 18.2 Å². The summed E-state index contributed by atoms with van der Waals surface area (Å²) in [5.74, 6) is 0.0887. The number of rotatable bonds is 3. The van der Waals surface area contributed by atoms with E-state index in [4.69, 9.17) is 22.1 Å². The second kappa shape index (κ2) is 5.02. The Morgan fingerprint density at radius 2 is 2.06 bits per heavy atom. The van der Waals surface area contributed by atoms with Gasteiger partial charge in [0.15, 0.2) is 0 Å². The molecule has 0 radical (unpaired) electrons. The zero-order valence-corrected chi connectivity index (χ0v) is 10.5. The molecule has 1 aromatic rings. The van der Waals surface area contributed by atoms with Crippen molar-refractivity contribution in [3.8, 4) is 5.75 Å². The van der Waals surface area contributed by atoms with E-state index in [1.807, 2.05) is 20.8 Å². The molecule has 0 bridgehead atoms. The highest BCUT2D eigenvalue weighted by molar-refractivity contribution is 6.30. The van der Waals surface area contributed by atoms with Crippen LogP contribution in [0.5, 0.6) is 5.75 Å². The largest absolute Gasteiger partial charge is 0.489 e. The van der Waals surface area contributed by atoms with Crippen LogP contribution in [-0.4, -0.2) is 12.6 Å². The molecule has 1 unspecified atom stereocenters. The Kier molecular flexibility index (Phi) is 4.16. The van der Waals surface area contributed by atoms with Crippen LogP contribution < -0.4 is 10.5 Å². The summed E-state index contributed by atoms with van der Waals surface area (Å²) in [6.45, 7) is 6.51. The van der Waals surface area contributed by atoms with E-state index in [1.165, 1.54) is 12.1 Å². The Morgan fingerprint density at radius 1 is 1.44 bits per heavy atom. The highest BCUT2D eigenvalue weighted by atomic mass is 35.5. The predicted octanol–water partition coefficient (Wildman–Crippen LogP) is 3.23. The van der Waals surface area contributed by atoms with Crippen LogP contribution in [0.25, 0.3) is 0 Å². The molecular weight excluding hydrogens is 229 g/mol. The van der Waals surface area contributed by atoms with Crippen LogP contribution in [0.2, 0.25) is 5.02 Å². The van der Waals surface area contributed by atoms with E-state index in [-0.39, 0.29) is 16.5 Å². The number of halogens is 2. The molecule has 1 rings (SSSR count). The maximum absolute atomic E-state index is 12.9. The molecule has 2 N–H and O–H groups in total. The second-order valence-corrected chi connectivity index (χ2v) is 5.19. The Morgan fingerprint density at radius 3 is 2.50 bits per heavy atom. The van der Waals surface area contributed by atoms with Crippen molar-refractivity contribution in [3.63, 3.8) is 0 Å². The Bertz CT molecular complexity index is 363. The van der Waals surface area contributed by atoms with Gasteiger partial charge in [-0.25, -0.2) is 4.39 Å². The van der Waals surface area contributed by atoms with Crippen LogP contribution >= 0.6 is 11.6 Å². The molecule has 0 aliphatic rings. The van der Waals surface area contributed by atoms with Gasteiger partial charge in [-0.05, 0) is 12.1 Å². The van der Waals surface area contributed by atoms with Crippen LogP contribution in [0.4, 0.5) is 4.39 Å². The van der Waals surface area contributed by atoms with Crippen molar-refractivity contribution >= 4 is 11.6 Å². The van der Waals surface area contributed by atoms with Gasteiger partial charge in [0, 0.05) is 18.0 Å². The van der Waals surface area contributed by atoms with Crippen LogP contribution in [0, 0.1) is 11.2 Å². The van der Waals surface area contributed by atoms with Crippen molar-refractivity contribution in [2.45, 2.75) is 26.9 Å². The highest BCUT2D eigenvalue weighted by Crippen LogP contribution is 2.27. The molecule has 90 valence electrons. The summed E-state index contributed by atoms with van der Waals surface area (Å²) in [5, 5.41) is 0.0576. The third-order valence-corrected chi connectivity index (χ3v) is 2.64. The zero-order valence-electron chi connectivity index (χ0n) is 9.76. The lowest BCUT2D eigenvalue weighted by molar-refractivity contribution is 0.0941. The Labute approximate surface area is 101 Å². The minimum atomic E-state index is -0.450. The zero-order chi connectivity index (χ0) is 12.3. The summed E-state index contributed by atoms with van der Waals surface area (Å²) in [6, 6.07) is 4.30. The van der Waals surface area contributed by atoms with Crippen molar-refractivity contribution in [2.24, 2.45) is 11.1 Å². The van der Waals surface area contributed by atoms with Gasteiger partial charge in [0.05, 0.1) is 5.02 Å². The summed E-state index contributed by atoms with van der Waals surface area (Å²) in [4.78, 5) is 0. The first-order valence-corrected chi connectivity index (χ1v) is 5.54. The van der Waals surface area contributed by atoms with E-state index in [1.54, 1.807) is 6.07 Å². The lowest BCUT2D eigenvalue weighted by Gasteiger charge is -2.30. The average Bonchev–Trinajstić information content (AvgIpc) is 2.18. The number of benzene rings is 1. The third kappa shape index (κ3) is 3.35. The van der Waals surface area contributed by atoms with Crippen molar-refractivity contribution in [3.05, 3.63) is 29.0 Å². The smallest absolute Gasteiger partial charge is 0.142 e. The summed E-state index contributed by atoms with van der Waals surface area (Å²) < 4.78 is 18.6. The van der Waals surface area contributed by atoms with Crippen LogP contribution in [0.1, 0.15) is 20.8 Å². The Hall–Kier alpha value is -0.800. The fraction of sp³-hybridized carbons (Fsp3) is 0.500. The van der Waals surface area contributed by atoms with Gasteiger partial charge in [-0.2, -0.15) is 0 Å². The first kappa shape index (κ1) is 13.3.